The second-order valence-corrected chi connectivity index (χ2v) is 3.84. The third-order valence-electron chi connectivity index (χ3n) is 1.17. The molecular formula is C5H10N2O2S. The molecule has 0 aromatic heterocycles. The van der Waals surface area contributed by atoms with Crippen LogP contribution >= 0.6 is 0 Å². The lowest BCUT2D eigenvalue weighted by Gasteiger charge is -2.04. The van der Waals surface area contributed by atoms with E-state index in [1.54, 1.807) is 13.0 Å². The van der Waals surface area contributed by atoms with Gasteiger partial charge in [0.2, 0.25) is 10.0 Å². The summed E-state index contributed by atoms with van der Waals surface area (Å²) in [5, 5.41) is 7.40. The van der Waals surface area contributed by atoms with Crippen LogP contribution in [0.2, 0.25) is 0 Å². The zero-order valence-corrected chi connectivity index (χ0v) is 6.77. The molecular weight excluding hydrogens is 152 g/mol. The molecule has 10 heavy (non-hydrogen) atoms. The zero-order chi connectivity index (χ0) is 8.20. The fraction of sp³-hybridized carbons (Fsp3) is 0.800. The lowest BCUT2D eigenvalue weighted by atomic mass is 10.4. The van der Waals surface area contributed by atoms with Crippen molar-refractivity contribution in [2.24, 2.45) is 0 Å². The first kappa shape index (κ1) is 9.40. The fourth-order valence-corrected chi connectivity index (χ4v) is 1.38. The first-order valence-electron chi connectivity index (χ1n) is 2.90. The molecule has 0 heterocycles. The molecule has 0 rings (SSSR count). The van der Waals surface area contributed by atoms with Crippen molar-refractivity contribution in [2.75, 3.05) is 7.05 Å². The number of nitriles is 1. The lowest BCUT2D eigenvalue weighted by molar-refractivity contribution is 0.579. The summed E-state index contributed by atoms with van der Waals surface area (Å²) in [6.45, 7) is 1.66. The number of nitrogens with one attached hydrogen (secondary N) is 1. The summed E-state index contributed by atoms with van der Waals surface area (Å²) in [4.78, 5) is 0. The number of hydrogen-bond donors (Lipinski definition) is 1. The molecule has 1 N–H and O–H groups in total. The van der Waals surface area contributed by atoms with Crippen LogP contribution in [0.1, 0.15) is 13.3 Å². The van der Waals surface area contributed by atoms with Crippen LogP contribution in [-0.2, 0) is 10.0 Å². The maximum Gasteiger partial charge on any atom is 0.227 e. The molecule has 0 amide bonds. The molecule has 1 atom stereocenters. The molecule has 0 fully saturated rings. The van der Waals surface area contributed by atoms with Crippen LogP contribution in [0.4, 0.5) is 0 Å². The van der Waals surface area contributed by atoms with Crippen molar-refractivity contribution in [2.45, 2.75) is 18.6 Å². The Kier molecular flexibility index (Phi) is 3.33. The van der Waals surface area contributed by atoms with Crippen LogP contribution in [-0.4, -0.2) is 20.7 Å². The summed E-state index contributed by atoms with van der Waals surface area (Å²) in [6, 6.07) is 1.69. The van der Waals surface area contributed by atoms with Crippen LogP contribution in [0.5, 0.6) is 0 Å². The molecule has 0 aliphatic carbocycles. The van der Waals surface area contributed by atoms with Crippen molar-refractivity contribution in [3.05, 3.63) is 0 Å². The van der Waals surface area contributed by atoms with Gasteiger partial charge in [0.15, 0.2) is 5.25 Å². The standard InChI is InChI=1S/C5H10N2O2S/c1-3-5(4-6)10(8,9)7-2/h5,7H,3H2,1-2H3. The van der Waals surface area contributed by atoms with E-state index in [2.05, 4.69) is 4.72 Å². The van der Waals surface area contributed by atoms with Gasteiger partial charge in [0, 0.05) is 0 Å². The van der Waals surface area contributed by atoms with Crippen molar-refractivity contribution in [3.63, 3.8) is 0 Å². The minimum absolute atomic E-state index is 0.319. The molecule has 0 aromatic rings. The van der Waals surface area contributed by atoms with Crippen LogP contribution in [0.25, 0.3) is 0 Å². The molecule has 1 unspecified atom stereocenters. The number of sulfonamides is 1. The molecule has 4 nitrogen and oxygen atoms in total. The third-order valence-corrected chi connectivity index (χ3v) is 2.93. The van der Waals surface area contributed by atoms with Crippen molar-refractivity contribution in [1.29, 1.82) is 5.26 Å². The van der Waals surface area contributed by atoms with E-state index in [4.69, 9.17) is 5.26 Å². The molecule has 0 aliphatic heterocycles. The highest BCUT2D eigenvalue weighted by Gasteiger charge is 2.20. The van der Waals surface area contributed by atoms with Gasteiger partial charge in [-0.15, -0.1) is 0 Å². The average molecular weight is 162 g/mol. The largest absolute Gasteiger partial charge is 0.227 e. The first-order chi connectivity index (χ1) is 4.58. The SMILES string of the molecule is CCC(C#N)S(=O)(=O)NC. The Labute approximate surface area is 60.9 Å². The van der Waals surface area contributed by atoms with E-state index in [1.165, 1.54) is 7.05 Å². The van der Waals surface area contributed by atoms with Gasteiger partial charge in [0.1, 0.15) is 0 Å². The highest BCUT2D eigenvalue weighted by molar-refractivity contribution is 7.90. The lowest BCUT2D eigenvalue weighted by Crippen LogP contribution is -2.29. The summed E-state index contributed by atoms with van der Waals surface area (Å²) in [6.07, 6.45) is 0.319. The molecule has 58 valence electrons. The van der Waals surface area contributed by atoms with Crippen molar-refractivity contribution in [3.8, 4) is 6.07 Å². The summed E-state index contributed by atoms with van der Waals surface area (Å²) in [5.41, 5.74) is 0. The molecule has 0 saturated heterocycles. The highest BCUT2D eigenvalue weighted by atomic mass is 32.2. The number of nitrogens with zero attached hydrogens (tertiary/aromatic N) is 1. The monoisotopic (exact) mass is 162 g/mol. The molecule has 5 heteroatoms. The predicted molar refractivity (Wildman–Crippen MR) is 37.7 cm³/mol. The first-order valence-corrected chi connectivity index (χ1v) is 4.45. The van der Waals surface area contributed by atoms with Crippen molar-refractivity contribution >= 4 is 10.0 Å². The molecule has 0 radical (unpaired) electrons. The van der Waals surface area contributed by atoms with Gasteiger partial charge in [-0.05, 0) is 13.5 Å². The van der Waals surface area contributed by atoms with Crippen LogP contribution in [0, 0.1) is 11.3 Å². The topological polar surface area (TPSA) is 70.0 Å². The van der Waals surface area contributed by atoms with E-state index < -0.39 is 15.3 Å². The Morgan fingerprint density at radius 2 is 2.20 bits per heavy atom. The molecule has 0 aromatic carbocycles. The van der Waals surface area contributed by atoms with E-state index in [1.807, 2.05) is 0 Å². The Morgan fingerprint density at radius 3 is 2.30 bits per heavy atom. The van der Waals surface area contributed by atoms with Gasteiger partial charge in [0.05, 0.1) is 6.07 Å². The normalized spacial score (nSPS) is 14.1. The maximum absolute atomic E-state index is 10.8. The van der Waals surface area contributed by atoms with E-state index >= 15 is 0 Å². The molecule has 0 spiro atoms. The van der Waals surface area contributed by atoms with Crippen LogP contribution in [0.3, 0.4) is 0 Å². The smallest absolute Gasteiger partial charge is 0.217 e. The van der Waals surface area contributed by atoms with Gasteiger partial charge >= 0.3 is 0 Å². The predicted octanol–water partition coefficient (Wildman–Crippen LogP) is -0.162. The summed E-state index contributed by atoms with van der Waals surface area (Å²) >= 11 is 0. The summed E-state index contributed by atoms with van der Waals surface area (Å²) < 4.78 is 23.7. The maximum atomic E-state index is 10.8. The molecule has 0 bridgehead atoms. The van der Waals surface area contributed by atoms with Gasteiger partial charge < -0.3 is 0 Å². The van der Waals surface area contributed by atoms with Crippen molar-refractivity contribution < 1.29 is 8.42 Å². The van der Waals surface area contributed by atoms with Gasteiger partial charge in [-0.25, -0.2) is 13.1 Å². The molecule has 0 aliphatic rings. The van der Waals surface area contributed by atoms with E-state index in [9.17, 15) is 8.42 Å². The third kappa shape index (κ3) is 1.97. The zero-order valence-electron chi connectivity index (χ0n) is 5.96. The Balaban J connectivity index is 4.49. The van der Waals surface area contributed by atoms with Crippen molar-refractivity contribution in [1.82, 2.24) is 4.72 Å². The average Bonchev–Trinajstić information content (AvgIpc) is 1.90. The number of rotatable bonds is 3. The highest BCUT2D eigenvalue weighted by Crippen LogP contribution is 2.00. The second-order valence-electron chi connectivity index (χ2n) is 1.78. The molecule has 0 saturated carbocycles. The van der Waals surface area contributed by atoms with Gasteiger partial charge in [-0.2, -0.15) is 5.26 Å². The number of hydrogen-bond acceptors (Lipinski definition) is 3. The summed E-state index contributed by atoms with van der Waals surface area (Å²) in [7, 11) is -2.07. The Hall–Kier alpha value is -0.600. The van der Waals surface area contributed by atoms with Gasteiger partial charge in [-0.1, -0.05) is 6.92 Å². The quantitative estimate of drug-likeness (QED) is 0.626. The Bertz CT molecular complexity index is 227. The second kappa shape index (κ2) is 3.54. The summed E-state index contributed by atoms with van der Waals surface area (Å²) in [5.74, 6) is 0. The minimum Gasteiger partial charge on any atom is -0.217 e. The van der Waals surface area contributed by atoms with E-state index in [-0.39, 0.29) is 0 Å². The van der Waals surface area contributed by atoms with Crippen LogP contribution < -0.4 is 4.72 Å². The fourth-order valence-electron chi connectivity index (χ4n) is 0.522. The van der Waals surface area contributed by atoms with E-state index in [0.717, 1.165) is 0 Å². The van der Waals surface area contributed by atoms with Gasteiger partial charge in [0.25, 0.3) is 0 Å². The van der Waals surface area contributed by atoms with E-state index in [0.29, 0.717) is 6.42 Å². The Morgan fingerprint density at radius 1 is 1.70 bits per heavy atom. The minimum atomic E-state index is -3.37. The van der Waals surface area contributed by atoms with Gasteiger partial charge in [-0.3, -0.25) is 0 Å². The van der Waals surface area contributed by atoms with Crippen LogP contribution in [0.15, 0.2) is 0 Å².